The molecule has 1 amide bonds. The molecule has 114 valence electrons. The Kier molecular flexibility index (Phi) is 4.15. The lowest BCUT2D eigenvalue weighted by Crippen LogP contribution is -2.48. The molecule has 3 rings (SSSR count). The first kappa shape index (κ1) is 14.4. The molecule has 4 heteroatoms. The van der Waals surface area contributed by atoms with Gasteiger partial charge in [0, 0.05) is 17.6 Å². The number of nitrogens with zero attached hydrogens (tertiary/aromatic N) is 1. The number of fused-ring (bicyclic) bond motifs is 2. The van der Waals surface area contributed by atoms with E-state index in [1.54, 1.807) is 0 Å². The Hall–Kier alpha value is -1.55. The first-order valence-corrected chi connectivity index (χ1v) is 7.92. The fraction of sp³-hybridized carbons (Fsp3) is 0.588. The van der Waals surface area contributed by atoms with E-state index in [2.05, 4.69) is 6.92 Å². The zero-order valence-corrected chi connectivity index (χ0v) is 12.5. The van der Waals surface area contributed by atoms with E-state index in [-0.39, 0.29) is 24.1 Å². The summed E-state index contributed by atoms with van der Waals surface area (Å²) in [5, 5.41) is 9.84. The van der Waals surface area contributed by atoms with Crippen molar-refractivity contribution >= 4 is 5.91 Å². The Morgan fingerprint density at radius 1 is 1.33 bits per heavy atom. The molecular formula is C17H23NO3. The van der Waals surface area contributed by atoms with Gasteiger partial charge in [-0.1, -0.05) is 13.0 Å². The van der Waals surface area contributed by atoms with Gasteiger partial charge >= 0.3 is 0 Å². The van der Waals surface area contributed by atoms with Gasteiger partial charge in [-0.15, -0.1) is 0 Å². The predicted octanol–water partition coefficient (Wildman–Crippen LogP) is 2.60. The number of carbonyl (C=O) groups excluding carboxylic acids is 1. The van der Waals surface area contributed by atoms with Crippen LogP contribution in [0.5, 0.6) is 5.75 Å². The van der Waals surface area contributed by atoms with Gasteiger partial charge in [0.1, 0.15) is 5.75 Å². The highest BCUT2D eigenvalue weighted by molar-refractivity contribution is 5.95. The number of amides is 1. The van der Waals surface area contributed by atoms with Gasteiger partial charge in [-0.25, -0.2) is 0 Å². The summed E-state index contributed by atoms with van der Waals surface area (Å²) >= 11 is 0. The number of hydrogen-bond donors (Lipinski definition) is 1. The van der Waals surface area contributed by atoms with Crippen LogP contribution in [0, 0.1) is 0 Å². The van der Waals surface area contributed by atoms with E-state index < -0.39 is 0 Å². The van der Waals surface area contributed by atoms with Crippen molar-refractivity contribution in [2.24, 2.45) is 0 Å². The zero-order chi connectivity index (χ0) is 14.8. The monoisotopic (exact) mass is 289 g/mol. The number of hydrogen-bond acceptors (Lipinski definition) is 3. The minimum absolute atomic E-state index is 0.0800. The molecule has 1 aromatic rings. The van der Waals surface area contributed by atoms with Crippen LogP contribution < -0.4 is 4.74 Å². The summed E-state index contributed by atoms with van der Waals surface area (Å²) < 4.78 is 5.61. The molecule has 1 N–H and O–H groups in total. The number of rotatable bonds is 4. The van der Waals surface area contributed by atoms with Crippen molar-refractivity contribution in [1.29, 1.82) is 0 Å². The fourth-order valence-electron chi connectivity index (χ4n) is 3.57. The lowest BCUT2D eigenvalue weighted by molar-refractivity contribution is 0.0286. The molecule has 2 saturated heterocycles. The van der Waals surface area contributed by atoms with Gasteiger partial charge in [0.05, 0.1) is 12.7 Å². The van der Waals surface area contributed by atoms with Crippen molar-refractivity contribution in [3.63, 3.8) is 0 Å². The second kappa shape index (κ2) is 6.06. The Morgan fingerprint density at radius 3 is 2.71 bits per heavy atom. The average molecular weight is 289 g/mol. The van der Waals surface area contributed by atoms with Crippen molar-refractivity contribution in [3.05, 3.63) is 29.8 Å². The molecule has 0 radical (unpaired) electrons. The molecule has 0 spiro atoms. The molecular weight excluding hydrogens is 266 g/mol. The molecule has 2 heterocycles. The third-order valence-electron chi connectivity index (χ3n) is 4.50. The van der Waals surface area contributed by atoms with E-state index in [1.807, 2.05) is 29.2 Å². The van der Waals surface area contributed by atoms with Crippen molar-refractivity contribution in [1.82, 2.24) is 4.90 Å². The number of aliphatic hydroxyl groups is 1. The highest BCUT2D eigenvalue weighted by Gasteiger charge is 2.42. The van der Waals surface area contributed by atoms with Crippen molar-refractivity contribution in [2.45, 2.75) is 57.2 Å². The standard InChI is InChI=1S/C17H23NO3/c1-2-8-21-16-5-3-4-12(9-16)17(20)18-13-6-7-14(18)11-15(19)10-13/h3-5,9,13-15,19H,2,6-8,10-11H2,1H3. The van der Waals surface area contributed by atoms with Gasteiger partial charge in [-0.05, 0) is 50.3 Å². The van der Waals surface area contributed by atoms with Gasteiger partial charge in [0.2, 0.25) is 0 Å². The third-order valence-corrected chi connectivity index (χ3v) is 4.50. The number of benzene rings is 1. The molecule has 21 heavy (non-hydrogen) atoms. The molecule has 0 aromatic heterocycles. The molecule has 0 saturated carbocycles. The Balaban J connectivity index is 1.76. The van der Waals surface area contributed by atoms with Crippen molar-refractivity contribution < 1.29 is 14.6 Å². The zero-order valence-electron chi connectivity index (χ0n) is 12.5. The molecule has 1 aromatic carbocycles. The summed E-state index contributed by atoms with van der Waals surface area (Å²) in [5.41, 5.74) is 0.692. The molecule has 4 nitrogen and oxygen atoms in total. The summed E-state index contributed by atoms with van der Waals surface area (Å²) in [6.07, 6.45) is 4.17. The Labute approximate surface area is 125 Å². The lowest BCUT2D eigenvalue weighted by Gasteiger charge is -2.37. The van der Waals surface area contributed by atoms with E-state index in [9.17, 15) is 9.90 Å². The summed E-state index contributed by atoms with van der Waals surface area (Å²) in [5.74, 6) is 0.837. The van der Waals surface area contributed by atoms with Crippen LogP contribution in [0.2, 0.25) is 0 Å². The van der Waals surface area contributed by atoms with Gasteiger partial charge in [-0.2, -0.15) is 0 Å². The smallest absolute Gasteiger partial charge is 0.254 e. The molecule has 2 atom stereocenters. The number of ether oxygens (including phenoxy) is 1. The van der Waals surface area contributed by atoms with E-state index in [1.165, 1.54) is 0 Å². The van der Waals surface area contributed by atoms with Gasteiger partial charge < -0.3 is 14.7 Å². The maximum atomic E-state index is 12.8. The van der Waals surface area contributed by atoms with Crippen LogP contribution in [0.1, 0.15) is 49.4 Å². The second-order valence-corrected chi connectivity index (χ2v) is 6.10. The second-order valence-electron chi connectivity index (χ2n) is 6.10. The average Bonchev–Trinajstić information content (AvgIpc) is 2.76. The van der Waals surface area contributed by atoms with Crippen LogP contribution in [0.4, 0.5) is 0 Å². The molecule has 2 bridgehead atoms. The van der Waals surface area contributed by atoms with Crippen molar-refractivity contribution in [2.75, 3.05) is 6.61 Å². The summed E-state index contributed by atoms with van der Waals surface area (Å²) in [6, 6.07) is 7.85. The predicted molar refractivity (Wildman–Crippen MR) is 80.4 cm³/mol. The minimum Gasteiger partial charge on any atom is -0.494 e. The summed E-state index contributed by atoms with van der Waals surface area (Å²) in [7, 11) is 0. The van der Waals surface area contributed by atoms with E-state index in [0.717, 1.165) is 25.0 Å². The SMILES string of the molecule is CCCOc1cccc(C(=O)N2C3CCC2CC(O)C3)c1. The van der Waals surface area contributed by atoms with Crippen LogP contribution in [-0.4, -0.2) is 40.7 Å². The minimum atomic E-state index is -0.245. The Bertz CT molecular complexity index is 503. The highest BCUT2D eigenvalue weighted by atomic mass is 16.5. The first-order valence-electron chi connectivity index (χ1n) is 7.92. The lowest BCUT2D eigenvalue weighted by atomic mass is 9.98. The largest absolute Gasteiger partial charge is 0.494 e. The van der Waals surface area contributed by atoms with Crippen LogP contribution in [0.25, 0.3) is 0 Å². The van der Waals surface area contributed by atoms with Gasteiger partial charge in [0.15, 0.2) is 0 Å². The molecule has 2 aliphatic heterocycles. The molecule has 2 fully saturated rings. The maximum absolute atomic E-state index is 12.8. The molecule has 2 unspecified atom stereocenters. The third kappa shape index (κ3) is 2.91. The van der Waals surface area contributed by atoms with Gasteiger partial charge in [0.25, 0.3) is 5.91 Å². The summed E-state index contributed by atoms with van der Waals surface area (Å²) in [6.45, 7) is 2.73. The van der Waals surface area contributed by atoms with E-state index >= 15 is 0 Å². The van der Waals surface area contributed by atoms with E-state index in [4.69, 9.17) is 4.74 Å². The fourth-order valence-corrected chi connectivity index (χ4v) is 3.57. The van der Waals surface area contributed by atoms with Crippen LogP contribution >= 0.6 is 0 Å². The van der Waals surface area contributed by atoms with Crippen LogP contribution in [0.3, 0.4) is 0 Å². The van der Waals surface area contributed by atoms with Crippen molar-refractivity contribution in [3.8, 4) is 5.75 Å². The van der Waals surface area contributed by atoms with E-state index in [0.29, 0.717) is 25.0 Å². The Morgan fingerprint density at radius 2 is 2.05 bits per heavy atom. The highest BCUT2D eigenvalue weighted by Crippen LogP contribution is 2.36. The molecule has 2 aliphatic rings. The van der Waals surface area contributed by atoms with Gasteiger partial charge in [-0.3, -0.25) is 4.79 Å². The number of piperidine rings is 1. The van der Waals surface area contributed by atoms with Crippen LogP contribution in [-0.2, 0) is 0 Å². The first-order chi connectivity index (χ1) is 10.2. The normalized spacial score (nSPS) is 27.7. The van der Waals surface area contributed by atoms with Crippen LogP contribution in [0.15, 0.2) is 24.3 Å². The quantitative estimate of drug-likeness (QED) is 0.927. The maximum Gasteiger partial charge on any atom is 0.254 e. The molecule has 0 aliphatic carbocycles. The summed E-state index contributed by atoms with van der Waals surface area (Å²) in [4.78, 5) is 14.8. The topological polar surface area (TPSA) is 49.8 Å². The number of aliphatic hydroxyl groups excluding tert-OH is 1. The number of carbonyl (C=O) groups is 1.